The molecule has 0 aromatic rings. The van der Waals surface area contributed by atoms with Crippen molar-refractivity contribution in [2.75, 3.05) is 6.54 Å². The first kappa shape index (κ1) is 9.98. The van der Waals surface area contributed by atoms with Crippen LogP contribution in [0.5, 0.6) is 0 Å². The topological polar surface area (TPSA) is 77.8 Å². The molecular formula is C8H13NO4. The minimum atomic E-state index is -1.46. The average molecular weight is 187 g/mol. The summed E-state index contributed by atoms with van der Waals surface area (Å²) in [5.74, 6) is -2.38. The third-order valence-electron chi connectivity index (χ3n) is 2.30. The largest absolute Gasteiger partial charge is 0.474 e. The van der Waals surface area contributed by atoms with Gasteiger partial charge in [0.15, 0.2) is 0 Å². The van der Waals surface area contributed by atoms with Crippen LogP contribution in [0.1, 0.15) is 19.8 Å². The van der Waals surface area contributed by atoms with Crippen molar-refractivity contribution in [3.63, 3.8) is 0 Å². The van der Waals surface area contributed by atoms with Gasteiger partial charge >= 0.3 is 11.9 Å². The lowest BCUT2D eigenvalue weighted by atomic mass is 10.0. The molecular weight excluding hydrogens is 174 g/mol. The van der Waals surface area contributed by atoms with E-state index in [4.69, 9.17) is 5.11 Å². The number of carboxylic acids is 1. The number of rotatable bonds is 0. The van der Waals surface area contributed by atoms with Crippen LogP contribution in [0, 0.1) is 0 Å². The molecule has 0 unspecified atom stereocenters. The Morgan fingerprint density at radius 3 is 2.54 bits per heavy atom. The van der Waals surface area contributed by atoms with Crippen molar-refractivity contribution >= 4 is 11.9 Å². The summed E-state index contributed by atoms with van der Waals surface area (Å²) in [5.41, 5.74) is 0. The number of carboxylic acid groups (broad SMARTS) is 1. The van der Waals surface area contributed by atoms with Crippen molar-refractivity contribution in [3.05, 3.63) is 0 Å². The Bertz CT molecular complexity index is 228. The molecule has 1 aliphatic heterocycles. The van der Waals surface area contributed by atoms with Gasteiger partial charge in [0.05, 0.1) is 6.10 Å². The zero-order valence-corrected chi connectivity index (χ0v) is 7.43. The highest BCUT2D eigenvalue weighted by Gasteiger charge is 2.31. The summed E-state index contributed by atoms with van der Waals surface area (Å²) in [6, 6.07) is -0.0907. The Kier molecular flexibility index (Phi) is 2.87. The molecule has 0 spiro atoms. The monoisotopic (exact) mass is 187 g/mol. The predicted molar refractivity (Wildman–Crippen MR) is 44.1 cm³/mol. The molecule has 5 heteroatoms. The molecule has 2 atom stereocenters. The van der Waals surface area contributed by atoms with Crippen molar-refractivity contribution in [2.45, 2.75) is 31.9 Å². The molecule has 13 heavy (non-hydrogen) atoms. The van der Waals surface area contributed by atoms with Crippen molar-refractivity contribution in [1.82, 2.24) is 4.90 Å². The first-order chi connectivity index (χ1) is 6.02. The second-order valence-electron chi connectivity index (χ2n) is 3.34. The average Bonchev–Trinajstić information content (AvgIpc) is 2.08. The molecule has 0 aromatic carbocycles. The second kappa shape index (κ2) is 3.74. The maximum Gasteiger partial charge on any atom is 0.394 e. The van der Waals surface area contributed by atoms with Crippen LogP contribution in [0.2, 0.25) is 0 Å². The fraction of sp³-hybridized carbons (Fsp3) is 0.750. The van der Waals surface area contributed by atoms with Gasteiger partial charge < -0.3 is 15.1 Å². The van der Waals surface area contributed by atoms with Crippen LogP contribution in [-0.4, -0.2) is 45.7 Å². The summed E-state index contributed by atoms with van der Waals surface area (Å²) in [7, 11) is 0. The zero-order chi connectivity index (χ0) is 10.0. The van der Waals surface area contributed by atoms with E-state index in [9.17, 15) is 14.7 Å². The van der Waals surface area contributed by atoms with Crippen LogP contribution in [-0.2, 0) is 9.59 Å². The Balaban J connectivity index is 2.65. The molecule has 1 heterocycles. The summed E-state index contributed by atoms with van der Waals surface area (Å²) < 4.78 is 0. The number of hydrogen-bond acceptors (Lipinski definition) is 3. The smallest absolute Gasteiger partial charge is 0.394 e. The van der Waals surface area contributed by atoms with E-state index in [0.29, 0.717) is 12.8 Å². The van der Waals surface area contributed by atoms with Crippen LogP contribution in [0.15, 0.2) is 0 Å². The van der Waals surface area contributed by atoms with Crippen molar-refractivity contribution in [2.24, 2.45) is 0 Å². The fourth-order valence-electron chi connectivity index (χ4n) is 1.49. The van der Waals surface area contributed by atoms with Crippen LogP contribution < -0.4 is 0 Å². The van der Waals surface area contributed by atoms with E-state index in [1.807, 2.05) is 0 Å². The van der Waals surface area contributed by atoms with Gasteiger partial charge in [-0.1, -0.05) is 0 Å². The van der Waals surface area contributed by atoms with Crippen LogP contribution in [0.3, 0.4) is 0 Å². The summed E-state index contributed by atoms with van der Waals surface area (Å²) in [6.45, 7) is 1.92. The van der Waals surface area contributed by atoms with E-state index in [1.54, 1.807) is 6.92 Å². The summed E-state index contributed by atoms with van der Waals surface area (Å²) in [6.07, 6.45) is 0.699. The molecule has 5 nitrogen and oxygen atoms in total. The highest BCUT2D eigenvalue weighted by molar-refractivity contribution is 6.31. The number of aliphatic hydroxyl groups excluding tert-OH is 1. The predicted octanol–water partition coefficient (Wildman–Crippen LogP) is -0.557. The number of aliphatic hydroxyl groups is 1. The van der Waals surface area contributed by atoms with Crippen molar-refractivity contribution < 1.29 is 19.8 Å². The number of aliphatic carboxylic acids is 1. The highest BCUT2D eigenvalue weighted by Crippen LogP contribution is 2.16. The molecule has 1 fully saturated rings. The fourth-order valence-corrected chi connectivity index (χ4v) is 1.49. The van der Waals surface area contributed by atoms with E-state index in [1.165, 1.54) is 4.90 Å². The first-order valence-corrected chi connectivity index (χ1v) is 4.24. The molecule has 2 N–H and O–H groups in total. The second-order valence-corrected chi connectivity index (χ2v) is 3.34. The molecule has 0 aliphatic carbocycles. The number of hydrogen-bond donors (Lipinski definition) is 2. The van der Waals surface area contributed by atoms with Gasteiger partial charge in [-0.15, -0.1) is 0 Å². The van der Waals surface area contributed by atoms with E-state index >= 15 is 0 Å². The number of carbonyl (C=O) groups is 2. The number of amides is 1. The van der Waals surface area contributed by atoms with Gasteiger partial charge in [-0.25, -0.2) is 4.79 Å². The number of nitrogens with zero attached hydrogens (tertiary/aromatic N) is 1. The van der Waals surface area contributed by atoms with Gasteiger partial charge in [0, 0.05) is 12.6 Å². The zero-order valence-electron chi connectivity index (χ0n) is 7.43. The van der Waals surface area contributed by atoms with Gasteiger partial charge in [-0.3, -0.25) is 4.79 Å². The standard InChI is InChI=1S/C8H13NO4/c1-5-2-3-6(10)4-9(5)7(11)8(12)13/h5-6,10H,2-4H2,1H3,(H,12,13)/t5-,6-/m1/s1. The normalized spacial score (nSPS) is 28.6. The molecule has 1 saturated heterocycles. The number of likely N-dealkylation sites (tertiary alicyclic amines) is 1. The maximum atomic E-state index is 11.1. The summed E-state index contributed by atoms with van der Waals surface area (Å²) in [5, 5.41) is 17.7. The van der Waals surface area contributed by atoms with Crippen LogP contribution in [0.4, 0.5) is 0 Å². The highest BCUT2D eigenvalue weighted by atomic mass is 16.4. The molecule has 0 radical (unpaired) electrons. The molecule has 1 aliphatic rings. The number of piperidine rings is 1. The minimum absolute atomic E-state index is 0.0907. The van der Waals surface area contributed by atoms with E-state index in [0.717, 1.165) is 0 Å². The summed E-state index contributed by atoms with van der Waals surface area (Å²) >= 11 is 0. The van der Waals surface area contributed by atoms with Gasteiger partial charge in [-0.2, -0.15) is 0 Å². The van der Waals surface area contributed by atoms with Crippen molar-refractivity contribution in [1.29, 1.82) is 0 Å². The Hall–Kier alpha value is -1.10. The minimum Gasteiger partial charge on any atom is -0.474 e. The molecule has 0 saturated carbocycles. The van der Waals surface area contributed by atoms with Crippen LogP contribution >= 0.6 is 0 Å². The summed E-state index contributed by atoms with van der Waals surface area (Å²) in [4.78, 5) is 22.7. The molecule has 1 rings (SSSR count). The first-order valence-electron chi connectivity index (χ1n) is 4.24. The Morgan fingerprint density at radius 1 is 1.38 bits per heavy atom. The lowest BCUT2D eigenvalue weighted by Crippen LogP contribution is -2.49. The molecule has 0 aromatic heterocycles. The van der Waals surface area contributed by atoms with E-state index in [2.05, 4.69) is 0 Å². The van der Waals surface area contributed by atoms with Crippen molar-refractivity contribution in [3.8, 4) is 0 Å². The van der Waals surface area contributed by atoms with Gasteiger partial charge in [0.2, 0.25) is 0 Å². The van der Waals surface area contributed by atoms with E-state index < -0.39 is 18.0 Å². The lowest BCUT2D eigenvalue weighted by molar-refractivity contribution is -0.159. The SMILES string of the molecule is C[C@@H]1CC[C@@H](O)CN1C(=O)C(=O)O. The quantitative estimate of drug-likeness (QED) is 0.498. The Morgan fingerprint density at radius 2 is 2.00 bits per heavy atom. The molecule has 74 valence electrons. The lowest BCUT2D eigenvalue weighted by Gasteiger charge is -2.34. The third-order valence-corrected chi connectivity index (χ3v) is 2.30. The van der Waals surface area contributed by atoms with Gasteiger partial charge in [0.1, 0.15) is 0 Å². The number of β-amino-alcohol motifs (C(OH)–C–C–N with tert-alkyl or cyclic N) is 1. The number of carbonyl (C=O) groups excluding carboxylic acids is 1. The van der Waals surface area contributed by atoms with Crippen LogP contribution in [0.25, 0.3) is 0 Å². The third kappa shape index (κ3) is 2.18. The molecule has 1 amide bonds. The molecule has 0 bridgehead atoms. The maximum absolute atomic E-state index is 11.1. The Labute approximate surface area is 76.0 Å². The van der Waals surface area contributed by atoms with Gasteiger partial charge in [-0.05, 0) is 19.8 Å². The van der Waals surface area contributed by atoms with Gasteiger partial charge in [0.25, 0.3) is 0 Å². The van der Waals surface area contributed by atoms with E-state index in [-0.39, 0.29) is 12.6 Å².